The first-order valence-corrected chi connectivity index (χ1v) is 6.12. The lowest BCUT2D eigenvalue weighted by atomic mass is 10.3. The summed E-state index contributed by atoms with van der Waals surface area (Å²) in [5.74, 6) is 1.70. The van der Waals surface area contributed by atoms with Crippen molar-refractivity contribution in [3.8, 4) is 17.4 Å². The number of ether oxygens (including phenoxy) is 2. The molecule has 1 heterocycles. The Morgan fingerprint density at radius 1 is 1.25 bits per heavy atom. The second-order valence-electron chi connectivity index (χ2n) is 4.08. The predicted octanol–water partition coefficient (Wildman–Crippen LogP) is 3.49. The number of nitro groups is 1. The monoisotopic (exact) mass is 274 g/mol. The summed E-state index contributed by atoms with van der Waals surface area (Å²) < 4.78 is 10.9. The maximum Gasteiger partial charge on any atom is 0.288 e. The summed E-state index contributed by atoms with van der Waals surface area (Å²) >= 11 is 0. The van der Waals surface area contributed by atoms with Gasteiger partial charge in [0.25, 0.3) is 5.69 Å². The van der Waals surface area contributed by atoms with Gasteiger partial charge >= 0.3 is 0 Å². The molecule has 0 saturated heterocycles. The Morgan fingerprint density at radius 2 is 1.90 bits per heavy atom. The summed E-state index contributed by atoms with van der Waals surface area (Å²) in [5, 5.41) is 10.6. The Kier molecular flexibility index (Phi) is 4.14. The fraction of sp³-hybridized carbons (Fsp3) is 0.214. The van der Waals surface area contributed by atoms with Gasteiger partial charge in [-0.1, -0.05) is 0 Å². The Morgan fingerprint density at radius 3 is 2.45 bits per heavy atom. The van der Waals surface area contributed by atoms with E-state index in [1.54, 1.807) is 31.2 Å². The van der Waals surface area contributed by atoms with Crippen molar-refractivity contribution in [3.05, 3.63) is 52.2 Å². The minimum Gasteiger partial charge on any atom is -0.494 e. The van der Waals surface area contributed by atoms with Gasteiger partial charge in [0.05, 0.1) is 11.5 Å². The van der Waals surface area contributed by atoms with Crippen LogP contribution in [0.15, 0.2) is 36.5 Å². The van der Waals surface area contributed by atoms with Crippen molar-refractivity contribution in [2.75, 3.05) is 6.61 Å². The van der Waals surface area contributed by atoms with Gasteiger partial charge < -0.3 is 9.47 Å². The summed E-state index contributed by atoms with van der Waals surface area (Å²) in [4.78, 5) is 14.1. The first-order valence-electron chi connectivity index (χ1n) is 6.12. The Balaban J connectivity index is 2.15. The number of hydrogen-bond acceptors (Lipinski definition) is 5. The summed E-state index contributed by atoms with van der Waals surface area (Å²) in [6.07, 6.45) is 1.18. The summed E-state index contributed by atoms with van der Waals surface area (Å²) in [7, 11) is 0. The number of benzene rings is 1. The van der Waals surface area contributed by atoms with Crippen LogP contribution in [0.2, 0.25) is 0 Å². The van der Waals surface area contributed by atoms with E-state index in [-0.39, 0.29) is 5.69 Å². The molecule has 20 heavy (non-hydrogen) atoms. The zero-order valence-electron chi connectivity index (χ0n) is 11.2. The molecule has 0 saturated carbocycles. The lowest BCUT2D eigenvalue weighted by molar-refractivity contribution is -0.385. The van der Waals surface area contributed by atoms with E-state index in [0.717, 1.165) is 5.75 Å². The lowest BCUT2D eigenvalue weighted by Crippen LogP contribution is -1.95. The highest BCUT2D eigenvalue weighted by Crippen LogP contribution is 2.26. The van der Waals surface area contributed by atoms with Gasteiger partial charge in [0.2, 0.25) is 5.88 Å². The highest BCUT2D eigenvalue weighted by molar-refractivity contribution is 5.40. The van der Waals surface area contributed by atoms with E-state index in [1.807, 2.05) is 6.92 Å². The van der Waals surface area contributed by atoms with Crippen molar-refractivity contribution in [2.24, 2.45) is 0 Å². The molecule has 104 valence electrons. The molecule has 2 rings (SSSR count). The van der Waals surface area contributed by atoms with Gasteiger partial charge in [0, 0.05) is 11.6 Å². The van der Waals surface area contributed by atoms with Gasteiger partial charge in [-0.25, -0.2) is 4.98 Å². The van der Waals surface area contributed by atoms with Crippen LogP contribution in [0.4, 0.5) is 5.69 Å². The number of aryl methyl sites for hydroxylation is 1. The van der Waals surface area contributed by atoms with E-state index in [4.69, 9.17) is 9.47 Å². The van der Waals surface area contributed by atoms with Crippen LogP contribution in [-0.2, 0) is 0 Å². The van der Waals surface area contributed by atoms with E-state index in [9.17, 15) is 10.1 Å². The summed E-state index contributed by atoms with van der Waals surface area (Å²) in [6, 6.07) is 8.52. The molecular formula is C14H14N2O4. The largest absolute Gasteiger partial charge is 0.494 e. The SMILES string of the molecule is CCOc1ccc(Oc2ncc([N+](=O)[O-])cc2C)cc1. The molecule has 0 bridgehead atoms. The molecule has 0 aliphatic heterocycles. The minimum absolute atomic E-state index is 0.0541. The summed E-state index contributed by atoms with van der Waals surface area (Å²) in [6.45, 7) is 4.22. The van der Waals surface area contributed by atoms with E-state index in [1.165, 1.54) is 12.3 Å². The van der Waals surface area contributed by atoms with Gasteiger partial charge in [0.1, 0.15) is 17.7 Å². The van der Waals surface area contributed by atoms with Crippen molar-refractivity contribution >= 4 is 5.69 Å². The molecule has 0 N–H and O–H groups in total. The number of rotatable bonds is 5. The quantitative estimate of drug-likeness (QED) is 0.616. The molecule has 0 spiro atoms. The van der Waals surface area contributed by atoms with E-state index in [0.29, 0.717) is 23.8 Å². The van der Waals surface area contributed by atoms with Gasteiger partial charge in [-0.2, -0.15) is 0 Å². The molecule has 0 fully saturated rings. The summed E-state index contributed by atoms with van der Waals surface area (Å²) in [5.41, 5.74) is 0.551. The van der Waals surface area contributed by atoms with Gasteiger partial charge in [-0.05, 0) is 38.1 Å². The van der Waals surface area contributed by atoms with E-state index < -0.39 is 4.92 Å². The van der Waals surface area contributed by atoms with E-state index >= 15 is 0 Å². The van der Waals surface area contributed by atoms with Crippen LogP contribution in [0.25, 0.3) is 0 Å². The zero-order valence-corrected chi connectivity index (χ0v) is 11.2. The first kappa shape index (κ1) is 13.8. The van der Waals surface area contributed by atoms with Gasteiger partial charge in [-0.15, -0.1) is 0 Å². The topological polar surface area (TPSA) is 74.5 Å². The third-order valence-electron chi connectivity index (χ3n) is 2.58. The normalized spacial score (nSPS) is 10.1. The van der Waals surface area contributed by atoms with Crippen LogP contribution < -0.4 is 9.47 Å². The zero-order chi connectivity index (χ0) is 14.5. The van der Waals surface area contributed by atoms with Crippen LogP contribution in [0.5, 0.6) is 17.4 Å². The third kappa shape index (κ3) is 3.23. The number of hydrogen-bond donors (Lipinski definition) is 0. The van der Waals surface area contributed by atoms with Gasteiger partial charge in [0.15, 0.2) is 0 Å². The van der Waals surface area contributed by atoms with Crippen LogP contribution in [-0.4, -0.2) is 16.5 Å². The highest BCUT2D eigenvalue weighted by atomic mass is 16.6. The third-order valence-corrected chi connectivity index (χ3v) is 2.58. The van der Waals surface area contributed by atoms with Crippen molar-refractivity contribution in [3.63, 3.8) is 0 Å². The maximum absolute atomic E-state index is 10.6. The molecular weight excluding hydrogens is 260 g/mol. The fourth-order valence-electron chi connectivity index (χ4n) is 1.64. The molecule has 1 aromatic heterocycles. The molecule has 0 unspecified atom stereocenters. The van der Waals surface area contributed by atoms with Crippen molar-refractivity contribution in [1.29, 1.82) is 0 Å². The van der Waals surface area contributed by atoms with Crippen LogP contribution in [0.1, 0.15) is 12.5 Å². The Labute approximate surface area is 116 Å². The lowest BCUT2D eigenvalue weighted by Gasteiger charge is -2.08. The van der Waals surface area contributed by atoms with Gasteiger partial charge in [-0.3, -0.25) is 10.1 Å². The average molecular weight is 274 g/mol. The number of pyridine rings is 1. The van der Waals surface area contributed by atoms with Crippen molar-refractivity contribution in [1.82, 2.24) is 4.98 Å². The van der Waals surface area contributed by atoms with E-state index in [2.05, 4.69) is 4.98 Å². The standard InChI is InChI=1S/C14H14N2O4/c1-3-19-12-4-6-13(7-5-12)20-14-10(2)8-11(9-15-14)16(17)18/h4-9H,3H2,1-2H3. The molecule has 0 amide bonds. The second kappa shape index (κ2) is 6.01. The van der Waals surface area contributed by atoms with Crippen molar-refractivity contribution < 1.29 is 14.4 Å². The van der Waals surface area contributed by atoms with Crippen molar-refractivity contribution in [2.45, 2.75) is 13.8 Å². The molecule has 6 heteroatoms. The van der Waals surface area contributed by atoms with Crippen LogP contribution in [0, 0.1) is 17.0 Å². The molecule has 0 atom stereocenters. The highest BCUT2D eigenvalue weighted by Gasteiger charge is 2.11. The molecule has 2 aromatic rings. The number of aromatic nitrogens is 1. The first-order chi connectivity index (χ1) is 9.60. The maximum atomic E-state index is 10.6. The predicted molar refractivity (Wildman–Crippen MR) is 73.3 cm³/mol. The molecule has 6 nitrogen and oxygen atoms in total. The fourth-order valence-corrected chi connectivity index (χ4v) is 1.64. The smallest absolute Gasteiger partial charge is 0.288 e. The number of nitrogens with zero attached hydrogens (tertiary/aromatic N) is 2. The molecule has 0 radical (unpaired) electrons. The van der Waals surface area contributed by atoms with Crippen LogP contribution >= 0.6 is 0 Å². The van der Waals surface area contributed by atoms with Crippen LogP contribution in [0.3, 0.4) is 0 Å². The molecule has 0 aliphatic carbocycles. The second-order valence-corrected chi connectivity index (χ2v) is 4.08. The Hall–Kier alpha value is -2.63. The average Bonchev–Trinajstić information content (AvgIpc) is 2.43. The molecule has 0 aliphatic rings. The molecule has 1 aromatic carbocycles. The minimum atomic E-state index is -0.485. The Bertz CT molecular complexity index is 611.